The summed E-state index contributed by atoms with van der Waals surface area (Å²) in [6, 6.07) is 17.4. The summed E-state index contributed by atoms with van der Waals surface area (Å²) in [5, 5.41) is 0. The summed E-state index contributed by atoms with van der Waals surface area (Å²) in [6.45, 7) is 2.03. The molecule has 0 atom stereocenters. The SMILES string of the molecule is Cc1ccc2oc(-c3ccncc3Oc3ccccc3)nc2c1. The Morgan fingerprint density at radius 3 is 2.74 bits per heavy atom. The first-order valence-electron chi connectivity index (χ1n) is 7.34. The number of oxazole rings is 1. The van der Waals surface area contributed by atoms with Crippen molar-refractivity contribution < 1.29 is 9.15 Å². The minimum atomic E-state index is 0.527. The van der Waals surface area contributed by atoms with E-state index in [-0.39, 0.29) is 0 Å². The summed E-state index contributed by atoms with van der Waals surface area (Å²) in [7, 11) is 0. The summed E-state index contributed by atoms with van der Waals surface area (Å²) in [5.41, 5.74) is 3.51. The lowest BCUT2D eigenvalue weighted by molar-refractivity contribution is 0.479. The highest BCUT2D eigenvalue weighted by Gasteiger charge is 2.14. The summed E-state index contributed by atoms with van der Waals surface area (Å²) in [5.74, 6) is 1.88. The van der Waals surface area contributed by atoms with Gasteiger partial charge in [0.15, 0.2) is 11.3 Å². The molecular formula is C19H14N2O2. The fourth-order valence-electron chi connectivity index (χ4n) is 2.41. The maximum absolute atomic E-state index is 5.92. The Labute approximate surface area is 133 Å². The topological polar surface area (TPSA) is 48.2 Å². The third kappa shape index (κ3) is 2.66. The highest BCUT2D eigenvalue weighted by molar-refractivity contribution is 5.78. The van der Waals surface area contributed by atoms with E-state index in [4.69, 9.17) is 9.15 Å². The molecule has 0 saturated heterocycles. The minimum Gasteiger partial charge on any atom is -0.455 e. The Hall–Kier alpha value is -3.14. The van der Waals surface area contributed by atoms with Crippen LogP contribution in [0.2, 0.25) is 0 Å². The molecule has 4 nitrogen and oxygen atoms in total. The molecule has 112 valence electrons. The van der Waals surface area contributed by atoms with Crippen molar-refractivity contribution >= 4 is 11.1 Å². The molecule has 0 fully saturated rings. The number of ether oxygens (including phenoxy) is 1. The zero-order valence-corrected chi connectivity index (χ0v) is 12.6. The predicted molar refractivity (Wildman–Crippen MR) is 88.5 cm³/mol. The molecule has 0 bridgehead atoms. The van der Waals surface area contributed by atoms with E-state index in [9.17, 15) is 0 Å². The van der Waals surface area contributed by atoms with Gasteiger partial charge in [0.05, 0.1) is 11.8 Å². The van der Waals surface area contributed by atoms with E-state index >= 15 is 0 Å². The van der Waals surface area contributed by atoms with Crippen LogP contribution in [0.25, 0.3) is 22.6 Å². The normalized spacial score (nSPS) is 10.8. The Balaban J connectivity index is 1.78. The molecular weight excluding hydrogens is 288 g/mol. The van der Waals surface area contributed by atoms with Crippen molar-refractivity contribution in [1.82, 2.24) is 9.97 Å². The van der Waals surface area contributed by atoms with Crippen molar-refractivity contribution in [2.45, 2.75) is 6.92 Å². The minimum absolute atomic E-state index is 0.527. The molecule has 0 N–H and O–H groups in total. The average Bonchev–Trinajstić information content (AvgIpc) is 2.99. The maximum atomic E-state index is 5.92. The lowest BCUT2D eigenvalue weighted by atomic mass is 10.2. The van der Waals surface area contributed by atoms with Crippen LogP contribution in [-0.2, 0) is 0 Å². The number of benzene rings is 2. The molecule has 0 radical (unpaired) electrons. The second kappa shape index (κ2) is 5.57. The van der Waals surface area contributed by atoms with Crippen LogP contribution in [0.4, 0.5) is 0 Å². The number of pyridine rings is 1. The molecule has 0 unspecified atom stereocenters. The van der Waals surface area contributed by atoms with Crippen LogP contribution in [0.1, 0.15) is 5.56 Å². The van der Waals surface area contributed by atoms with Crippen LogP contribution in [-0.4, -0.2) is 9.97 Å². The molecule has 0 amide bonds. The van der Waals surface area contributed by atoms with Gasteiger partial charge in [0.25, 0.3) is 0 Å². The Kier molecular flexibility index (Phi) is 3.27. The Morgan fingerprint density at radius 2 is 1.87 bits per heavy atom. The van der Waals surface area contributed by atoms with Crippen LogP contribution in [0.5, 0.6) is 11.5 Å². The highest BCUT2D eigenvalue weighted by Crippen LogP contribution is 2.33. The number of nitrogens with zero attached hydrogens (tertiary/aromatic N) is 2. The van der Waals surface area contributed by atoms with Crippen molar-refractivity contribution in [2.75, 3.05) is 0 Å². The van der Waals surface area contributed by atoms with E-state index in [0.717, 1.165) is 28.0 Å². The molecule has 4 aromatic rings. The van der Waals surface area contributed by atoms with Gasteiger partial charge in [0.1, 0.15) is 11.3 Å². The van der Waals surface area contributed by atoms with Gasteiger partial charge in [-0.1, -0.05) is 24.3 Å². The van der Waals surface area contributed by atoms with Gasteiger partial charge in [-0.3, -0.25) is 4.98 Å². The molecule has 2 aromatic carbocycles. The van der Waals surface area contributed by atoms with Gasteiger partial charge >= 0.3 is 0 Å². The van der Waals surface area contributed by atoms with Gasteiger partial charge in [0.2, 0.25) is 5.89 Å². The van der Waals surface area contributed by atoms with Crippen LogP contribution < -0.4 is 4.74 Å². The lowest BCUT2D eigenvalue weighted by Crippen LogP contribution is -1.89. The number of hydrogen-bond donors (Lipinski definition) is 0. The summed E-state index contributed by atoms with van der Waals surface area (Å²) in [4.78, 5) is 8.71. The second-order valence-electron chi connectivity index (χ2n) is 5.28. The quantitative estimate of drug-likeness (QED) is 0.535. The number of aryl methyl sites for hydroxylation is 1. The molecule has 2 aromatic heterocycles. The van der Waals surface area contributed by atoms with E-state index in [1.807, 2.05) is 61.5 Å². The monoisotopic (exact) mass is 302 g/mol. The Morgan fingerprint density at radius 1 is 1.00 bits per heavy atom. The summed E-state index contributed by atoms with van der Waals surface area (Å²) < 4.78 is 11.8. The molecule has 23 heavy (non-hydrogen) atoms. The fourth-order valence-corrected chi connectivity index (χ4v) is 2.41. The van der Waals surface area contributed by atoms with Gasteiger partial charge in [-0.15, -0.1) is 0 Å². The number of hydrogen-bond acceptors (Lipinski definition) is 4. The standard InChI is InChI=1S/C19H14N2O2/c1-13-7-8-17-16(11-13)21-19(23-17)15-9-10-20-12-18(15)22-14-5-3-2-4-6-14/h2-12H,1H3. The smallest absolute Gasteiger partial charge is 0.231 e. The highest BCUT2D eigenvalue weighted by atomic mass is 16.5. The van der Waals surface area contributed by atoms with Crippen LogP contribution in [0.3, 0.4) is 0 Å². The van der Waals surface area contributed by atoms with Gasteiger partial charge in [-0.25, -0.2) is 4.98 Å². The number of aromatic nitrogens is 2. The molecule has 4 rings (SSSR count). The van der Waals surface area contributed by atoms with Crippen molar-refractivity contribution in [1.29, 1.82) is 0 Å². The van der Waals surface area contributed by atoms with E-state index in [1.54, 1.807) is 12.4 Å². The first-order chi connectivity index (χ1) is 11.3. The lowest BCUT2D eigenvalue weighted by Gasteiger charge is -2.07. The number of fused-ring (bicyclic) bond motifs is 1. The van der Waals surface area contributed by atoms with E-state index in [0.29, 0.717) is 11.6 Å². The Bertz CT molecular complexity index is 961. The molecule has 0 aliphatic heterocycles. The van der Waals surface area contributed by atoms with Crippen molar-refractivity contribution in [3.05, 3.63) is 72.6 Å². The molecule has 0 aliphatic rings. The van der Waals surface area contributed by atoms with Crippen molar-refractivity contribution in [3.63, 3.8) is 0 Å². The van der Waals surface area contributed by atoms with Crippen LogP contribution in [0, 0.1) is 6.92 Å². The third-order valence-electron chi connectivity index (χ3n) is 3.53. The van der Waals surface area contributed by atoms with Crippen molar-refractivity contribution in [3.8, 4) is 23.0 Å². The molecule has 2 heterocycles. The molecule has 4 heteroatoms. The first kappa shape index (κ1) is 13.5. The first-order valence-corrected chi connectivity index (χ1v) is 7.34. The van der Waals surface area contributed by atoms with Gasteiger partial charge in [-0.05, 0) is 42.8 Å². The van der Waals surface area contributed by atoms with E-state index in [1.165, 1.54) is 0 Å². The van der Waals surface area contributed by atoms with Crippen LogP contribution in [0.15, 0.2) is 71.4 Å². The second-order valence-corrected chi connectivity index (χ2v) is 5.28. The summed E-state index contributed by atoms with van der Waals surface area (Å²) in [6.07, 6.45) is 3.37. The summed E-state index contributed by atoms with van der Waals surface area (Å²) >= 11 is 0. The van der Waals surface area contributed by atoms with E-state index < -0.39 is 0 Å². The van der Waals surface area contributed by atoms with Crippen LogP contribution >= 0.6 is 0 Å². The zero-order chi connectivity index (χ0) is 15.6. The van der Waals surface area contributed by atoms with Crippen molar-refractivity contribution in [2.24, 2.45) is 0 Å². The molecule has 0 saturated carbocycles. The maximum Gasteiger partial charge on any atom is 0.231 e. The fraction of sp³-hybridized carbons (Fsp3) is 0.0526. The third-order valence-corrected chi connectivity index (χ3v) is 3.53. The van der Waals surface area contributed by atoms with Gasteiger partial charge < -0.3 is 9.15 Å². The van der Waals surface area contributed by atoms with Gasteiger partial charge in [-0.2, -0.15) is 0 Å². The van der Waals surface area contributed by atoms with E-state index in [2.05, 4.69) is 9.97 Å². The number of para-hydroxylation sites is 1. The zero-order valence-electron chi connectivity index (χ0n) is 12.6. The molecule has 0 spiro atoms. The predicted octanol–water partition coefficient (Wildman–Crippen LogP) is 4.99. The molecule has 0 aliphatic carbocycles. The number of rotatable bonds is 3. The average molecular weight is 302 g/mol. The largest absolute Gasteiger partial charge is 0.455 e. The van der Waals surface area contributed by atoms with Gasteiger partial charge in [0, 0.05) is 6.20 Å².